The van der Waals surface area contributed by atoms with Crippen LogP contribution in [-0.2, 0) is 13.0 Å². The summed E-state index contributed by atoms with van der Waals surface area (Å²) in [6.07, 6.45) is 6.87. The van der Waals surface area contributed by atoms with Crippen LogP contribution in [0.3, 0.4) is 0 Å². The van der Waals surface area contributed by atoms with Crippen molar-refractivity contribution in [1.29, 1.82) is 5.41 Å². The number of hydrogen-bond acceptors (Lipinski definition) is 4. The lowest BCUT2D eigenvalue weighted by molar-refractivity contribution is 0.0697. The first-order valence-electron chi connectivity index (χ1n) is 13.8. The largest absolute Gasteiger partial charge is 0.478 e. The average molecular weight is 525 g/mol. The van der Waals surface area contributed by atoms with Gasteiger partial charge in [0.05, 0.1) is 5.56 Å². The van der Waals surface area contributed by atoms with Gasteiger partial charge in [0, 0.05) is 36.4 Å². The molecule has 0 radical (unpaired) electrons. The third kappa shape index (κ3) is 5.82. The first-order chi connectivity index (χ1) is 18.8. The number of carboxylic acids is 1. The minimum Gasteiger partial charge on any atom is -0.478 e. The van der Waals surface area contributed by atoms with Crippen LogP contribution in [0.25, 0.3) is 11.1 Å². The van der Waals surface area contributed by atoms with Crippen molar-refractivity contribution in [2.75, 3.05) is 18.0 Å². The monoisotopic (exact) mass is 524 g/mol. The summed E-state index contributed by atoms with van der Waals surface area (Å²) in [5.41, 5.74) is 12.6. The number of carboxylic acid groups (broad SMARTS) is 1. The van der Waals surface area contributed by atoms with Crippen molar-refractivity contribution in [3.8, 4) is 11.1 Å². The highest BCUT2D eigenvalue weighted by molar-refractivity contribution is 6.00. The minimum absolute atomic E-state index is 0.0523. The fraction of sp³-hybridized carbons (Fsp3) is 0.344. The normalized spacial score (nSPS) is 15.2. The number of fused-ring (bicyclic) bond motifs is 1. The van der Waals surface area contributed by atoms with Crippen molar-refractivity contribution in [3.05, 3.63) is 88.0 Å². The Kier molecular flexibility index (Phi) is 7.68. The van der Waals surface area contributed by atoms with E-state index >= 15 is 0 Å². The second-order valence-corrected chi connectivity index (χ2v) is 10.9. The summed E-state index contributed by atoms with van der Waals surface area (Å²) >= 11 is 0. The molecule has 5 N–H and O–H groups in total. The highest BCUT2D eigenvalue weighted by Crippen LogP contribution is 2.35. The minimum atomic E-state index is -0.991. The number of nitrogen functional groups attached to an aromatic ring is 1. The maximum Gasteiger partial charge on any atom is 0.336 e. The second-order valence-electron chi connectivity index (χ2n) is 10.9. The Morgan fingerprint density at radius 3 is 2.51 bits per heavy atom. The quantitative estimate of drug-likeness (QED) is 0.229. The number of aryl methyl sites for hydroxylation is 1. The molecule has 1 heterocycles. The van der Waals surface area contributed by atoms with Crippen LogP contribution >= 0.6 is 0 Å². The van der Waals surface area contributed by atoms with Crippen molar-refractivity contribution in [2.45, 2.75) is 52.0 Å². The molecule has 7 heteroatoms. The maximum absolute atomic E-state index is 13.2. The molecule has 0 atom stereocenters. The molecular weight excluding hydrogens is 488 g/mol. The summed E-state index contributed by atoms with van der Waals surface area (Å²) in [5, 5.41) is 20.9. The van der Waals surface area contributed by atoms with Crippen LogP contribution in [0, 0.1) is 18.3 Å². The molecule has 1 fully saturated rings. The number of carbonyl (C=O) groups is 2. The lowest BCUT2D eigenvalue weighted by Crippen LogP contribution is -2.30. The number of anilines is 1. The van der Waals surface area contributed by atoms with Crippen molar-refractivity contribution < 1.29 is 14.7 Å². The van der Waals surface area contributed by atoms with E-state index in [1.165, 1.54) is 19.3 Å². The Morgan fingerprint density at radius 1 is 1.00 bits per heavy atom. The van der Waals surface area contributed by atoms with Crippen molar-refractivity contribution in [1.82, 2.24) is 5.32 Å². The number of rotatable bonds is 8. The van der Waals surface area contributed by atoms with Crippen LogP contribution in [-0.4, -0.2) is 35.9 Å². The lowest BCUT2D eigenvalue weighted by Gasteiger charge is -2.23. The fourth-order valence-electron chi connectivity index (χ4n) is 5.91. The van der Waals surface area contributed by atoms with E-state index in [0.717, 1.165) is 53.7 Å². The number of aromatic carboxylic acids is 1. The lowest BCUT2D eigenvalue weighted by atomic mass is 9.89. The number of benzene rings is 3. The van der Waals surface area contributed by atoms with Crippen molar-refractivity contribution >= 4 is 23.4 Å². The van der Waals surface area contributed by atoms with Crippen LogP contribution in [0.5, 0.6) is 0 Å². The van der Waals surface area contributed by atoms with E-state index in [4.69, 9.17) is 11.1 Å². The predicted molar refractivity (Wildman–Crippen MR) is 155 cm³/mol. The Morgan fingerprint density at radius 2 is 1.77 bits per heavy atom. The Labute approximate surface area is 229 Å². The van der Waals surface area contributed by atoms with Gasteiger partial charge < -0.3 is 21.1 Å². The number of nitrogens with zero attached hydrogens (tertiary/aromatic N) is 1. The molecule has 202 valence electrons. The van der Waals surface area contributed by atoms with Gasteiger partial charge in [-0.15, -0.1) is 0 Å². The maximum atomic E-state index is 13.2. The number of carbonyl (C=O) groups excluding carboxylic acids is 1. The summed E-state index contributed by atoms with van der Waals surface area (Å²) in [6.45, 7) is 3.93. The molecule has 1 amide bonds. The van der Waals surface area contributed by atoms with Crippen LogP contribution < -0.4 is 16.0 Å². The molecule has 1 aliphatic carbocycles. The zero-order valence-corrected chi connectivity index (χ0v) is 22.4. The summed E-state index contributed by atoms with van der Waals surface area (Å²) in [5.74, 6) is -0.539. The van der Waals surface area contributed by atoms with Gasteiger partial charge in [0.2, 0.25) is 0 Å². The number of nitrogens with two attached hydrogens (primary N) is 1. The molecule has 0 bridgehead atoms. The molecule has 39 heavy (non-hydrogen) atoms. The Bertz CT molecular complexity index is 1420. The van der Waals surface area contributed by atoms with E-state index in [0.29, 0.717) is 35.7 Å². The topological polar surface area (TPSA) is 120 Å². The van der Waals surface area contributed by atoms with Crippen LogP contribution in [0.2, 0.25) is 0 Å². The van der Waals surface area contributed by atoms with E-state index < -0.39 is 5.97 Å². The van der Waals surface area contributed by atoms with E-state index in [9.17, 15) is 14.7 Å². The molecule has 0 aromatic heterocycles. The smallest absolute Gasteiger partial charge is 0.336 e. The molecule has 1 aliphatic heterocycles. The molecule has 0 unspecified atom stereocenters. The zero-order valence-electron chi connectivity index (χ0n) is 22.4. The van der Waals surface area contributed by atoms with Gasteiger partial charge in [-0.1, -0.05) is 43.0 Å². The van der Waals surface area contributed by atoms with E-state index in [1.54, 1.807) is 6.07 Å². The molecule has 7 nitrogen and oxygen atoms in total. The second kappa shape index (κ2) is 11.3. The summed E-state index contributed by atoms with van der Waals surface area (Å²) in [6, 6.07) is 16.9. The van der Waals surface area contributed by atoms with Gasteiger partial charge in [0.1, 0.15) is 5.84 Å². The first kappa shape index (κ1) is 26.5. The fourth-order valence-corrected chi connectivity index (χ4v) is 5.91. The molecule has 0 saturated heterocycles. The van der Waals surface area contributed by atoms with Crippen LogP contribution in [0.15, 0.2) is 54.6 Å². The molecule has 3 aromatic carbocycles. The Balaban J connectivity index is 1.48. The van der Waals surface area contributed by atoms with Crippen LogP contribution in [0.1, 0.15) is 75.1 Å². The van der Waals surface area contributed by atoms with Crippen molar-refractivity contribution in [2.24, 2.45) is 11.7 Å². The van der Waals surface area contributed by atoms with Gasteiger partial charge in [0.15, 0.2) is 0 Å². The third-order valence-electron chi connectivity index (χ3n) is 8.09. The Hall–Kier alpha value is -4.13. The zero-order chi connectivity index (χ0) is 27.5. The van der Waals surface area contributed by atoms with E-state index in [2.05, 4.69) is 10.2 Å². The molecule has 5 rings (SSSR count). The summed E-state index contributed by atoms with van der Waals surface area (Å²) in [7, 11) is 0. The average Bonchev–Trinajstić information content (AvgIpc) is 3.34. The number of amides is 1. The number of hydrogen-bond donors (Lipinski definition) is 4. The van der Waals surface area contributed by atoms with Gasteiger partial charge in [-0.25, -0.2) is 4.79 Å². The summed E-state index contributed by atoms with van der Waals surface area (Å²) < 4.78 is 0. The van der Waals surface area contributed by atoms with Gasteiger partial charge in [-0.2, -0.15) is 0 Å². The van der Waals surface area contributed by atoms with Gasteiger partial charge >= 0.3 is 5.97 Å². The van der Waals surface area contributed by atoms with E-state index in [1.807, 2.05) is 55.5 Å². The van der Waals surface area contributed by atoms with Gasteiger partial charge in [0.25, 0.3) is 5.91 Å². The SMILES string of the molecule is Cc1ccc(-c2cc(C(=O)NCC3CCCCC3)ccc2CN2CCc3cc(C(=N)N)ccc32)c(C(=O)O)c1. The van der Waals surface area contributed by atoms with Gasteiger partial charge in [-0.3, -0.25) is 10.2 Å². The molecular formula is C32H36N4O3. The highest BCUT2D eigenvalue weighted by Gasteiger charge is 2.23. The molecule has 0 spiro atoms. The number of nitrogens with one attached hydrogen (secondary N) is 2. The van der Waals surface area contributed by atoms with Crippen LogP contribution in [0.4, 0.5) is 5.69 Å². The predicted octanol–water partition coefficient (Wildman–Crippen LogP) is 5.52. The summed E-state index contributed by atoms with van der Waals surface area (Å²) in [4.78, 5) is 27.7. The number of amidine groups is 1. The highest BCUT2D eigenvalue weighted by atomic mass is 16.4. The van der Waals surface area contributed by atoms with E-state index in [-0.39, 0.29) is 17.3 Å². The molecule has 1 saturated carbocycles. The van der Waals surface area contributed by atoms with Gasteiger partial charge in [-0.05, 0) is 90.8 Å². The van der Waals surface area contributed by atoms with Crippen molar-refractivity contribution in [3.63, 3.8) is 0 Å². The first-order valence-corrected chi connectivity index (χ1v) is 13.8. The molecule has 2 aliphatic rings. The molecule has 3 aromatic rings. The third-order valence-corrected chi connectivity index (χ3v) is 8.09. The standard InChI is InChI=1S/C32H36N4O3/c1-20-7-11-26(28(15-20)32(38)39)27-17-24(31(37)35-18-21-5-3-2-4-6-21)8-9-25(27)19-36-14-13-22-16-23(30(33)34)10-12-29(22)36/h7-12,15-17,21H,2-6,13-14,18-19H2,1H3,(H3,33,34)(H,35,37)(H,38,39).